The van der Waals surface area contributed by atoms with E-state index in [0.29, 0.717) is 18.6 Å². The van der Waals surface area contributed by atoms with Crippen molar-refractivity contribution in [2.24, 2.45) is 17.6 Å². The number of rotatable bonds is 7. The minimum absolute atomic E-state index is 0.0216. The van der Waals surface area contributed by atoms with Crippen LogP contribution in [0, 0.1) is 11.8 Å². The van der Waals surface area contributed by atoms with E-state index in [1.807, 2.05) is 13.8 Å². The van der Waals surface area contributed by atoms with Gasteiger partial charge in [-0.05, 0) is 12.3 Å². The number of nitrogens with one attached hydrogen (secondary N) is 1. The van der Waals surface area contributed by atoms with E-state index < -0.39 is 11.8 Å². The van der Waals surface area contributed by atoms with Crippen LogP contribution in [0.1, 0.15) is 26.7 Å². The van der Waals surface area contributed by atoms with Crippen LogP contribution in [0.5, 0.6) is 0 Å². The maximum absolute atomic E-state index is 11.5. The molecule has 0 aromatic rings. The Morgan fingerprint density at radius 2 is 2.00 bits per heavy atom. The summed E-state index contributed by atoms with van der Waals surface area (Å²) >= 11 is 0. The number of carbonyl (C=O) groups excluding carboxylic acids is 3. The van der Waals surface area contributed by atoms with Gasteiger partial charge in [0.05, 0.1) is 6.54 Å². The standard InChI is InChI=1S/C10H18N2O3/c1-7(2)5-8(6-9(11)14)10(15)12-3-4-13/h4,7-8H,3,5-6H2,1-2H3,(H2,11,14)(H,12,15). The molecule has 0 fully saturated rings. The zero-order valence-corrected chi connectivity index (χ0v) is 9.16. The smallest absolute Gasteiger partial charge is 0.223 e. The van der Waals surface area contributed by atoms with E-state index in [2.05, 4.69) is 5.32 Å². The highest BCUT2D eigenvalue weighted by molar-refractivity contribution is 5.85. The van der Waals surface area contributed by atoms with Gasteiger partial charge in [0.15, 0.2) is 0 Å². The minimum atomic E-state index is -0.498. The molecule has 2 amide bonds. The lowest BCUT2D eigenvalue weighted by Gasteiger charge is -2.16. The average molecular weight is 214 g/mol. The second-order valence-corrected chi connectivity index (χ2v) is 3.91. The van der Waals surface area contributed by atoms with Gasteiger partial charge in [-0.25, -0.2) is 0 Å². The molecule has 5 heteroatoms. The zero-order valence-electron chi connectivity index (χ0n) is 9.16. The van der Waals surface area contributed by atoms with Crippen molar-refractivity contribution in [2.45, 2.75) is 26.7 Å². The van der Waals surface area contributed by atoms with Crippen molar-refractivity contribution in [2.75, 3.05) is 6.54 Å². The van der Waals surface area contributed by atoms with Crippen molar-refractivity contribution in [3.63, 3.8) is 0 Å². The quantitative estimate of drug-likeness (QED) is 0.577. The maximum atomic E-state index is 11.5. The number of hydrogen-bond donors (Lipinski definition) is 2. The van der Waals surface area contributed by atoms with Gasteiger partial charge >= 0.3 is 0 Å². The Morgan fingerprint density at radius 3 is 2.40 bits per heavy atom. The molecule has 0 aromatic heterocycles. The van der Waals surface area contributed by atoms with Gasteiger partial charge < -0.3 is 15.8 Å². The molecule has 5 nitrogen and oxygen atoms in total. The predicted octanol–water partition coefficient (Wildman–Crippen LogP) is -0.161. The number of amides is 2. The fourth-order valence-corrected chi connectivity index (χ4v) is 1.38. The van der Waals surface area contributed by atoms with Crippen molar-refractivity contribution in [3.8, 4) is 0 Å². The fraction of sp³-hybridized carbons (Fsp3) is 0.700. The topological polar surface area (TPSA) is 89.3 Å². The summed E-state index contributed by atoms with van der Waals surface area (Å²) < 4.78 is 0. The van der Waals surface area contributed by atoms with E-state index in [1.54, 1.807) is 0 Å². The molecule has 0 spiro atoms. The molecule has 3 N–H and O–H groups in total. The van der Waals surface area contributed by atoms with Gasteiger partial charge in [0.25, 0.3) is 0 Å². The predicted molar refractivity (Wildman–Crippen MR) is 55.8 cm³/mol. The highest BCUT2D eigenvalue weighted by atomic mass is 16.2. The second-order valence-electron chi connectivity index (χ2n) is 3.91. The Kier molecular flexibility index (Phi) is 6.33. The zero-order chi connectivity index (χ0) is 11.8. The van der Waals surface area contributed by atoms with Gasteiger partial charge in [0.1, 0.15) is 6.29 Å². The van der Waals surface area contributed by atoms with Crippen LogP contribution in [0.25, 0.3) is 0 Å². The molecule has 1 atom stereocenters. The molecule has 86 valence electrons. The molecule has 0 saturated carbocycles. The average Bonchev–Trinajstić information content (AvgIpc) is 2.11. The molecule has 0 bridgehead atoms. The Bertz CT molecular complexity index is 239. The summed E-state index contributed by atoms with van der Waals surface area (Å²) in [6, 6.07) is 0. The third-order valence-electron chi connectivity index (χ3n) is 1.93. The van der Waals surface area contributed by atoms with E-state index in [0.717, 1.165) is 0 Å². The summed E-state index contributed by atoms with van der Waals surface area (Å²) in [6.45, 7) is 3.90. The summed E-state index contributed by atoms with van der Waals surface area (Å²) in [5.74, 6) is -0.907. The number of nitrogens with two attached hydrogens (primary N) is 1. The first kappa shape index (κ1) is 13.6. The lowest BCUT2D eigenvalue weighted by atomic mass is 9.93. The molecule has 15 heavy (non-hydrogen) atoms. The summed E-state index contributed by atoms with van der Waals surface area (Å²) in [5.41, 5.74) is 5.05. The van der Waals surface area contributed by atoms with Crippen LogP contribution in [-0.2, 0) is 14.4 Å². The van der Waals surface area contributed by atoms with Crippen LogP contribution in [0.2, 0.25) is 0 Å². The van der Waals surface area contributed by atoms with Crippen molar-refractivity contribution in [1.82, 2.24) is 5.32 Å². The van der Waals surface area contributed by atoms with Gasteiger partial charge in [-0.2, -0.15) is 0 Å². The Hall–Kier alpha value is -1.39. The molecule has 0 aliphatic carbocycles. The number of hydrogen-bond acceptors (Lipinski definition) is 3. The molecular formula is C10H18N2O3. The first-order valence-electron chi connectivity index (χ1n) is 4.97. The summed E-state index contributed by atoms with van der Waals surface area (Å²) in [4.78, 5) is 32.3. The maximum Gasteiger partial charge on any atom is 0.223 e. The largest absolute Gasteiger partial charge is 0.370 e. The van der Waals surface area contributed by atoms with Crippen LogP contribution in [0.4, 0.5) is 0 Å². The van der Waals surface area contributed by atoms with Crippen molar-refractivity contribution < 1.29 is 14.4 Å². The van der Waals surface area contributed by atoms with Crippen LogP contribution < -0.4 is 11.1 Å². The third kappa shape index (κ3) is 6.65. The SMILES string of the molecule is CC(C)CC(CC(N)=O)C(=O)NCC=O. The molecule has 0 saturated heterocycles. The van der Waals surface area contributed by atoms with Crippen LogP contribution >= 0.6 is 0 Å². The van der Waals surface area contributed by atoms with Crippen LogP contribution in [-0.4, -0.2) is 24.6 Å². The third-order valence-corrected chi connectivity index (χ3v) is 1.93. The van der Waals surface area contributed by atoms with Crippen LogP contribution in [0.3, 0.4) is 0 Å². The molecule has 0 rings (SSSR count). The van der Waals surface area contributed by atoms with Gasteiger partial charge in [0.2, 0.25) is 11.8 Å². The Morgan fingerprint density at radius 1 is 1.40 bits per heavy atom. The Balaban J connectivity index is 4.26. The molecule has 0 aliphatic rings. The Labute approximate surface area is 89.4 Å². The molecule has 1 unspecified atom stereocenters. The van der Waals surface area contributed by atoms with Crippen molar-refractivity contribution in [3.05, 3.63) is 0 Å². The lowest BCUT2D eigenvalue weighted by Crippen LogP contribution is -2.35. The summed E-state index contributed by atoms with van der Waals surface area (Å²) in [7, 11) is 0. The fourth-order valence-electron chi connectivity index (χ4n) is 1.38. The monoisotopic (exact) mass is 214 g/mol. The van der Waals surface area contributed by atoms with E-state index in [9.17, 15) is 14.4 Å². The molecule has 0 aliphatic heterocycles. The number of carbonyl (C=O) groups is 3. The van der Waals surface area contributed by atoms with E-state index >= 15 is 0 Å². The van der Waals surface area contributed by atoms with Crippen LogP contribution in [0.15, 0.2) is 0 Å². The van der Waals surface area contributed by atoms with E-state index in [4.69, 9.17) is 5.73 Å². The number of aldehydes is 1. The van der Waals surface area contributed by atoms with Crippen molar-refractivity contribution in [1.29, 1.82) is 0 Å². The number of primary amides is 1. The first-order chi connectivity index (χ1) is 6.97. The lowest BCUT2D eigenvalue weighted by molar-refractivity contribution is -0.130. The summed E-state index contributed by atoms with van der Waals surface area (Å²) in [5, 5.41) is 2.43. The second kappa shape index (κ2) is 6.98. The molecular weight excluding hydrogens is 196 g/mol. The first-order valence-corrected chi connectivity index (χ1v) is 4.97. The van der Waals surface area contributed by atoms with Gasteiger partial charge in [-0.15, -0.1) is 0 Å². The highest BCUT2D eigenvalue weighted by Crippen LogP contribution is 2.15. The molecule has 0 heterocycles. The highest BCUT2D eigenvalue weighted by Gasteiger charge is 2.21. The van der Waals surface area contributed by atoms with Crippen molar-refractivity contribution >= 4 is 18.1 Å². The molecule has 0 radical (unpaired) electrons. The van der Waals surface area contributed by atoms with Gasteiger partial charge in [-0.3, -0.25) is 9.59 Å². The normalized spacial score (nSPS) is 12.2. The van der Waals surface area contributed by atoms with E-state index in [1.165, 1.54) is 0 Å². The van der Waals surface area contributed by atoms with Gasteiger partial charge in [-0.1, -0.05) is 13.8 Å². The minimum Gasteiger partial charge on any atom is -0.370 e. The molecule has 0 aromatic carbocycles. The van der Waals surface area contributed by atoms with E-state index in [-0.39, 0.29) is 18.9 Å². The van der Waals surface area contributed by atoms with Gasteiger partial charge in [0, 0.05) is 12.3 Å². The summed E-state index contributed by atoms with van der Waals surface area (Å²) in [6.07, 6.45) is 1.23.